The van der Waals surface area contributed by atoms with Crippen LogP contribution in [0.3, 0.4) is 0 Å². The van der Waals surface area contributed by atoms with Gasteiger partial charge in [-0.05, 0) is 18.9 Å². The molecular formula is C23H23F3N8O3. The predicted molar refractivity (Wildman–Crippen MR) is 122 cm³/mol. The number of alkyl halides is 3. The average Bonchev–Trinajstić information content (AvgIpc) is 3.55. The van der Waals surface area contributed by atoms with Crippen molar-refractivity contribution in [2.24, 2.45) is 0 Å². The number of carbonyl (C=O) groups is 1. The molecule has 5 rings (SSSR count). The van der Waals surface area contributed by atoms with Gasteiger partial charge >= 0.3 is 12.1 Å². The zero-order valence-corrected chi connectivity index (χ0v) is 20.1. The summed E-state index contributed by atoms with van der Waals surface area (Å²) in [6.07, 6.45) is 3.90. The second kappa shape index (κ2) is 9.30. The molecule has 2 N–H and O–H groups in total. The number of nitrogens with one attached hydrogen (secondary N) is 1. The van der Waals surface area contributed by atoms with E-state index in [1.807, 2.05) is 23.1 Å². The molecule has 0 saturated heterocycles. The van der Waals surface area contributed by atoms with Crippen molar-refractivity contribution in [2.45, 2.75) is 63.1 Å². The molecule has 194 valence electrons. The number of hydrogen-bond acceptors (Lipinski definition) is 8. The largest absolute Gasteiger partial charge is 0.490 e. The molecule has 0 bridgehead atoms. The molecule has 1 saturated carbocycles. The van der Waals surface area contributed by atoms with Crippen molar-refractivity contribution in [3.05, 3.63) is 42.7 Å². The van der Waals surface area contributed by atoms with Crippen LogP contribution < -0.4 is 0 Å². The van der Waals surface area contributed by atoms with Gasteiger partial charge < -0.3 is 14.6 Å². The van der Waals surface area contributed by atoms with Crippen molar-refractivity contribution in [3.63, 3.8) is 0 Å². The first kappa shape index (κ1) is 25.8. The number of fused-ring (bicyclic) bond motifs is 1. The molecule has 4 aromatic rings. The van der Waals surface area contributed by atoms with Gasteiger partial charge in [-0.15, -0.1) is 0 Å². The lowest BCUT2D eigenvalue weighted by atomic mass is 9.66. The van der Waals surface area contributed by atoms with Gasteiger partial charge in [0.1, 0.15) is 12.0 Å². The lowest BCUT2D eigenvalue weighted by Crippen LogP contribution is -2.45. The molecule has 4 heterocycles. The summed E-state index contributed by atoms with van der Waals surface area (Å²) in [5.74, 6) is -1.28. The van der Waals surface area contributed by atoms with Gasteiger partial charge in [0.25, 0.3) is 0 Å². The van der Waals surface area contributed by atoms with E-state index in [0.29, 0.717) is 18.1 Å². The zero-order chi connectivity index (χ0) is 27.0. The first-order valence-corrected chi connectivity index (χ1v) is 11.2. The molecule has 1 fully saturated rings. The normalized spacial score (nSPS) is 19.5. The molecule has 0 aliphatic heterocycles. The van der Waals surface area contributed by atoms with Crippen LogP contribution in [-0.2, 0) is 15.7 Å². The number of nitriles is 1. The lowest BCUT2D eigenvalue weighted by molar-refractivity contribution is -0.192. The van der Waals surface area contributed by atoms with Crippen molar-refractivity contribution in [2.75, 3.05) is 0 Å². The van der Waals surface area contributed by atoms with E-state index in [2.05, 4.69) is 57.0 Å². The number of carboxylic acids is 1. The molecule has 0 unspecified atom stereocenters. The van der Waals surface area contributed by atoms with Crippen LogP contribution in [-0.4, -0.2) is 52.1 Å². The van der Waals surface area contributed by atoms with Gasteiger partial charge in [0.15, 0.2) is 5.82 Å². The van der Waals surface area contributed by atoms with Crippen molar-refractivity contribution in [1.82, 2.24) is 34.9 Å². The Balaban J connectivity index is 0.000000405. The number of aliphatic carboxylic acids is 1. The monoisotopic (exact) mass is 516 g/mol. The van der Waals surface area contributed by atoms with E-state index < -0.39 is 12.1 Å². The second-order valence-electron chi connectivity index (χ2n) is 9.81. The van der Waals surface area contributed by atoms with Crippen LogP contribution in [0, 0.1) is 11.3 Å². The molecule has 0 amide bonds. The standard InChI is InChI=1S/C21H22N8O.C2HF3O2/c1-20(2,3)19-27-18(30-28-19)13-8-21(9-13,5-6-22)29-11-14(10-26-29)16-15-4-7-23-17(15)25-12-24-16;3-2(4,5)1(6)7/h4,7,10-13H,5,8-9H2,1-3H3,(H,23,24,25);(H,6,7). The van der Waals surface area contributed by atoms with E-state index in [9.17, 15) is 18.4 Å². The topological polar surface area (TPSA) is 159 Å². The van der Waals surface area contributed by atoms with Gasteiger partial charge in [-0.3, -0.25) is 4.68 Å². The fourth-order valence-corrected chi connectivity index (χ4v) is 4.10. The van der Waals surface area contributed by atoms with Crippen molar-refractivity contribution in [3.8, 4) is 17.3 Å². The Morgan fingerprint density at radius 2 is 2.03 bits per heavy atom. The molecule has 0 radical (unpaired) electrons. The third kappa shape index (κ3) is 5.16. The summed E-state index contributed by atoms with van der Waals surface area (Å²) in [6, 6.07) is 4.28. The molecule has 1 aliphatic rings. The van der Waals surface area contributed by atoms with Gasteiger partial charge in [0, 0.05) is 34.7 Å². The fourth-order valence-electron chi connectivity index (χ4n) is 4.10. The molecular weight excluding hydrogens is 493 g/mol. The molecule has 0 aromatic carbocycles. The van der Waals surface area contributed by atoms with Crippen molar-refractivity contribution >= 4 is 17.0 Å². The Kier molecular flexibility index (Phi) is 6.49. The Hall–Kier alpha value is -4.28. The summed E-state index contributed by atoms with van der Waals surface area (Å²) >= 11 is 0. The number of halogens is 3. The van der Waals surface area contributed by atoms with E-state index in [0.717, 1.165) is 35.1 Å². The highest BCUT2D eigenvalue weighted by Crippen LogP contribution is 2.51. The third-order valence-corrected chi connectivity index (χ3v) is 6.06. The highest BCUT2D eigenvalue weighted by molar-refractivity contribution is 5.90. The Labute approximate surface area is 208 Å². The molecule has 0 spiro atoms. The number of aromatic amines is 1. The van der Waals surface area contributed by atoms with E-state index >= 15 is 0 Å². The number of aromatic nitrogens is 7. The molecule has 0 atom stereocenters. The SMILES string of the molecule is CC(C)(C)c1noc(C2CC(CC#N)(n3cc(-c4ncnc5[nH]ccc45)cn3)C2)n1.O=C(O)C(F)(F)F. The second-order valence-corrected chi connectivity index (χ2v) is 9.81. The maximum atomic E-state index is 10.6. The number of nitrogens with zero attached hydrogens (tertiary/aromatic N) is 7. The maximum absolute atomic E-state index is 10.6. The minimum absolute atomic E-state index is 0.130. The minimum Gasteiger partial charge on any atom is -0.475 e. The number of carboxylic acid groups (broad SMARTS) is 1. The van der Waals surface area contributed by atoms with Gasteiger partial charge in [0.05, 0.1) is 29.9 Å². The number of rotatable bonds is 4. The average molecular weight is 516 g/mol. The van der Waals surface area contributed by atoms with E-state index in [4.69, 9.17) is 14.4 Å². The Bertz CT molecular complexity index is 1450. The maximum Gasteiger partial charge on any atom is 0.490 e. The Morgan fingerprint density at radius 3 is 2.62 bits per heavy atom. The van der Waals surface area contributed by atoms with Gasteiger partial charge in [0.2, 0.25) is 5.89 Å². The zero-order valence-electron chi connectivity index (χ0n) is 20.1. The lowest BCUT2D eigenvalue weighted by Gasteiger charge is -2.45. The van der Waals surface area contributed by atoms with E-state index in [1.165, 1.54) is 6.33 Å². The Morgan fingerprint density at radius 1 is 1.32 bits per heavy atom. The van der Waals surface area contributed by atoms with Crippen LogP contribution in [0.1, 0.15) is 57.7 Å². The molecule has 11 nitrogen and oxygen atoms in total. The number of hydrogen-bond donors (Lipinski definition) is 2. The van der Waals surface area contributed by atoms with Crippen LogP contribution in [0.15, 0.2) is 35.5 Å². The summed E-state index contributed by atoms with van der Waals surface area (Å²) in [5, 5.41) is 26.3. The summed E-state index contributed by atoms with van der Waals surface area (Å²) in [6.45, 7) is 6.17. The smallest absolute Gasteiger partial charge is 0.475 e. The predicted octanol–water partition coefficient (Wildman–Crippen LogP) is 4.32. The molecule has 37 heavy (non-hydrogen) atoms. The molecule has 14 heteroatoms. The first-order valence-electron chi connectivity index (χ1n) is 11.2. The van der Waals surface area contributed by atoms with Gasteiger partial charge in [-0.1, -0.05) is 25.9 Å². The van der Waals surface area contributed by atoms with Crippen molar-refractivity contribution in [1.29, 1.82) is 5.26 Å². The highest BCUT2D eigenvalue weighted by atomic mass is 19.4. The van der Waals surface area contributed by atoms with E-state index in [1.54, 1.807) is 6.20 Å². The van der Waals surface area contributed by atoms with Crippen LogP contribution in [0.2, 0.25) is 0 Å². The summed E-state index contributed by atoms with van der Waals surface area (Å²) in [5.41, 5.74) is 1.97. The van der Waals surface area contributed by atoms with Gasteiger partial charge in [-0.25, -0.2) is 14.8 Å². The molecule has 1 aliphatic carbocycles. The highest BCUT2D eigenvalue weighted by Gasteiger charge is 2.49. The number of H-pyrrole nitrogens is 1. The van der Waals surface area contributed by atoms with Crippen LogP contribution in [0.25, 0.3) is 22.3 Å². The molecule has 4 aromatic heterocycles. The minimum atomic E-state index is -5.08. The van der Waals surface area contributed by atoms with E-state index in [-0.39, 0.29) is 16.9 Å². The third-order valence-electron chi connectivity index (χ3n) is 6.06. The quantitative estimate of drug-likeness (QED) is 0.403. The van der Waals surface area contributed by atoms with Crippen molar-refractivity contribution < 1.29 is 27.6 Å². The van der Waals surface area contributed by atoms with Gasteiger partial charge in [-0.2, -0.15) is 28.5 Å². The van der Waals surface area contributed by atoms with Crippen LogP contribution in [0.4, 0.5) is 13.2 Å². The first-order chi connectivity index (χ1) is 17.3. The van der Waals surface area contributed by atoms with Crippen LogP contribution in [0.5, 0.6) is 0 Å². The summed E-state index contributed by atoms with van der Waals surface area (Å²) < 4.78 is 39.2. The summed E-state index contributed by atoms with van der Waals surface area (Å²) in [4.78, 5) is 25.3. The summed E-state index contributed by atoms with van der Waals surface area (Å²) in [7, 11) is 0. The fraction of sp³-hybridized carbons (Fsp3) is 0.435. The van der Waals surface area contributed by atoms with Crippen LogP contribution >= 0.6 is 0 Å².